The summed E-state index contributed by atoms with van der Waals surface area (Å²) in [6, 6.07) is 67.8. The lowest BCUT2D eigenvalue weighted by Crippen LogP contribution is -2.10. The second-order valence-electron chi connectivity index (χ2n) is 13.7. The minimum atomic E-state index is 0.876. The van der Waals surface area contributed by atoms with Crippen LogP contribution in [0.5, 0.6) is 0 Å². The lowest BCUT2D eigenvalue weighted by Gasteiger charge is -2.27. The largest absolute Gasteiger partial charge is 0.454 e. The standard InChI is InChI=1S/C50H31NOS/c1-2-13-32(14-3-1)34-17-12-18-38(29-34)51(44-31-36-16-5-6-19-39(36)47-41-21-8-10-23-45(41)52-49(44)47)37-27-25-33(26-28-37)43-30-35-15-4-7-20-40(35)48-42-22-9-11-24-46(42)53-50(43)48/h1-31H. The summed E-state index contributed by atoms with van der Waals surface area (Å²) in [5, 5.41) is 9.83. The third kappa shape index (κ3) is 4.78. The highest BCUT2D eigenvalue weighted by molar-refractivity contribution is 7.26. The zero-order valence-electron chi connectivity index (χ0n) is 28.7. The van der Waals surface area contributed by atoms with Crippen molar-refractivity contribution in [3.05, 3.63) is 188 Å². The predicted octanol–water partition coefficient (Wildman–Crippen LogP) is 15.1. The highest BCUT2D eigenvalue weighted by atomic mass is 32.1. The van der Waals surface area contributed by atoms with E-state index in [4.69, 9.17) is 4.42 Å². The summed E-state index contributed by atoms with van der Waals surface area (Å²) in [5.41, 5.74) is 9.69. The molecule has 0 aliphatic heterocycles. The van der Waals surface area contributed by atoms with Crippen LogP contribution in [-0.4, -0.2) is 0 Å². The molecule has 11 aromatic rings. The Labute approximate surface area is 310 Å². The Kier molecular flexibility index (Phi) is 6.76. The van der Waals surface area contributed by atoms with Gasteiger partial charge in [-0.3, -0.25) is 0 Å². The second-order valence-corrected chi connectivity index (χ2v) is 14.7. The van der Waals surface area contributed by atoms with E-state index in [1.807, 2.05) is 17.4 Å². The van der Waals surface area contributed by atoms with Gasteiger partial charge in [0.25, 0.3) is 0 Å². The third-order valence-electron chi connectivity index (χ3n) is 10.6. The molecule has 0 aliphatic carbocycles. The number of fused-ring (bicyclic) bond motifs is 10. The minimum absolute atomic E-state index is 0.876. The molecule has 3 heteroatoms. The number of anilines is 3. The van der Waals surface area contributed by atoms with Crippen LogP contribution >= 0.6 is 11.3 Å². The van der Waals surface area contributed by atoms with Crippen molar-refractivity contribution in [2.24, 2.45) is 0 Å². The number of benzene rings is 9. The van der Waals surface area contributed by atoms with Crippen molar-refractivity contribution < 1.29 is 4.42 Å². The van der Waals surface area contributed by atoms with Crippen molar-refractivity contribution in [3.63, 3.8) is 0 Å². The minimum Gasteiger partial charge on any atom is -0.454 e. The summed E-state index contributed by atoms with van der Waals surface area (Å²) < 4.78 is 9.44. The average molecular weight is 694 g/mol. The fraction of sp³-hybridized carbons (Fsp3) is 0. The van der Waals surface area contributed by atoms with Crippen molar-refractivity contribution in [2.45, 2.75) is 0 Å². The Morgan fingerprint density at radius 2 is 1.06 bits per heavy atom. The molecule has 0 amide bonds. The van der Waals surface area contributed by atoms with E-state index < -0.39 is 0 Å². The van der Waals surface area contributed by atoms with Gasteiger partial charge in [-0.2, -0.15) is 0 Å². The van der Waals surface area contributed by atoms with E-state index in [0.29, 0.717) is 0 Å². The van der Waals surface area contributed by atoms with Crippen LogP contribution in [0, 0.1) is 0 Å². The zero-order valence-corrected chi connectivity index (χ0v) is 29.5. The predicted molar refractivity (Wildman–Crippen MR) is 227 cm³/mol. The molecule has 0 atom stereocenters. The third-order valence-corrected chi connectivity index (χ3v) is 11.8. The number of furan rings is 1. The number of hydrogen-bond acceptors (Lipinski definition) is 3. The monoisotopic (exact) mass is 693 g/mol. The van der Waals surface area contributed by atoms with Crippen LogP contribution < -0.4 is 4.90 Å². The lowest BCUT2D eigenvalue weighted by molar-refractivity contribution is 0.669. The van der Waals surface area contributed by atoms with Crippen molar-refractivity contribution in [1.82, 2.24) is 0 Å². The molecule has 2 heterocycles. The van der Waals surface area contributed by atoms with E-state index in [0.717, 1.165) is 44.6 Å². The molecule has 0 fully saturated rings. The summed E-state index contributed by atoms with van der Waals surface area (Å²) in [4.78, 5) is 2.36. The summed E-state index contributed by atoms with van der Waals surface area (Å²) in [5.74, 6) is 0. The number of hydrogen-bond donors (Lipinski definition) is 0. The maximum absolute atomic E-state index is 6.80. The summed E-state index contributed by atoms with van der Waals surface area (Å²) in [6.07, 6.45) is 0. The van der Waals surface area contributed by atoms with Gasteiger partial charge in [0.1, 0.15) is 5.58 Å². The van der Waals surface area contributed by atoms with Gasteiger partial charge in [-0.25, -0.2) is 0 Å². The summed E-state index contributed by atoms with van der Waals surface area (Å²) in [7, 11) is 0. The topological polar surface area (TPSA) is 16.4 Å². The van der Waals surface area contributed by atoms with Gasteiger partial charge in [-0.05, 0) is 86.8 Å². The van der Waals surface area contributed by atoms with Crippen LogP contribution in [0.3, 0.4) is 0 Å². The quantitative estimate of drug-likeness (QED) is 0.178. The lowest BCUT2D eigenvalue weighted by atomic mass is 9.96. The number of thiophene rings is 1. The van der Waals surface area contributed by atoms with Crippen LogP contribution in [0.4, 0.5) is 17.1 Å². The van der Waals surface area contributed by atoms with E-state index in [9.17, 15) is 0 Å². The van der Waals surface area contributed by atoms with Gasteiger partial charge in [0.05, 0.1) is 5.69 Å². The number of rotatable bonds is 5. The van der Waals surface area contributed by atoms with Crippen LogP contribution in [0.25, 0.3) is 85.9 Å². The summed E-state index contributed by atoms with van der Waals surface area (Å²) >= 11 is 1.88. The molecule has 0 aliphatic rings. The van der Waals surface area contributed by atoms with Crippen LogP contribution in [0.1, 0.15) is 0 Å². The molecule has 0 radical (unpaired) electrons. The van der Waals surface area contributed by atoms with Gasteiger partial charge in [-0.15, -0.1) is 11.3 Å². The molecule has 0 spiro atoms. The van der Waals surface area contributed by atoms with E-state index >= 15 is 0 Å². The van der Waals surface area contributed by atoms with E-state index in [2.05, 4.69) is 187 Å². The Morgan fingerprint density at radius 1 is 0.415 bits per heavy atom. The first-order valence-corrected chi connectivity index (χ1v) is 18.8. The molecule has 53 heavy (non-hydrogen) atoms. The van der Waals surface area contributed by atoms with Crippen molar-refractivity contribution in [1.29, 1.82) is 0 Å². The van der Waals surface area contributed by atoms with Crippen molar-refractivity contribution >= 4 is 92.1 Å². The first-order valence-electron chi connectivity index (χ1n) is 18.0. The molecule has 0 saturated heterocycles. The number of para-hydroxylation sites is 1. The van der Waals surface area contributed by atoms with Gasteiger partial charge in [0, 0.05) is 47.9 Å². The van der Waals surface area contributed by atoms with Crippen LogP contribution in [-0.2, 0) is 0 Å². The van der Waals surface area contributed by atoms with Gasteiger partial charge in [-0.1, -0.05) is 140 Å². The van der Waals surface area contributed by atoms with E-state index in [1.165, 1.54) is 58.4 Å². The Bertz CT molecular complexity index is 3170. The second kappa shape index (κ2) is 11.9. The van der Waals surface area contributed by atoms with Crippen LogP contribution in [0.15, 0.2) is 192 Å². The summed E-state index contributed by atoms with van der Waals surface area (Å²) in [6.45, 7) is 0. The maximum Gasteiger partial charge on any atom is 0.160 e. The molecule has 0 saturated carbocycles. The Morgan fingerprint density at radius 3 is 1.87 bits per heavy atom. The molecule has 2 aromatic heterocycles. The molecular formula is C50H31NOS. The molecule has 248 valence electrons. The molecule has 2 nitrogen and oxygen atoms in total. The van der Waals surface area contributed by atoms with Gasteiger partial charge >= 0.3 is 0 Å². The number of nitrogens with zero attached hydrogens (tertiary/aromatic N) is 1. The smallest absolute Gasteiger partial charge is 0.160 e. The highest BCUT2D eigenvalue weighted by Gasteiger charge is 2.23. The molecule has 0 N–H and O–H groups in total. The van der Waals surface area contributed by atoms with Crippen molar-refractivity contribution in [2.75, 3.05) is 4.90 Å². The molecule has 0 bridgehead atoms. The fourth-order valence-corrected chi connectivity index (χ4v) is 9.44. The SMILES string of the molecule is c1ccc(-c2cccc(N(c3ccc(-c4cc5ccccc5c5c4sc4ccccc45)cc3)c3cc4ccccc4c4c3oc3ccccc34)c2)cc1. The normalized spacial score (nSPS) is 11.8. The van der Waals surface area contributed by atoms with Gasteiger partial charge in [0.2, 0.25) is 0 Å². The maximum atomic E-state index is 6.80. The van der Waals surface area contributed by atoms with Gasteiger partial charge < -0.3 is 9.32 Å². The molecular weight excluding hydrogens is 663 g/mol. The van der Waals surface area contributed by atoms with E-state index in [1.54, 1.807) is 0 Å². The van der Waals surface area contributed by atoms with E-state index in [-0.39, 0.29) is 0 Å². The Hall–Kier alpha value is -6.68. The Balaban J connectivity index is 1.15. The molecule has 9 aromatic carbocycles. The molecule has 11 rings (SSSR count). The average Bonchev–Trinajstić information content (AvgIpc) is 3.82. The first-order chi connectivity index (χ1) is 26.3. The zero-order chi connectivity index (χ0) is 34.9. The molecule has 0 unspecified atom stereocenters. The van der Waals surface area contributed by atoms with Crippen molar-refractivity contribution in [3.8, 4) is 22.3 Å². The van der Waals surface area contributed by atoms with Gasteiger partial charge in [0.15, 0.2) is 5.58 Å². The van der Waals surface area contributed by atoms with Crippen LogP contribution in [0.2, 0.25) is 0 Å². The fourth-order valence-electron chi connectivity index (χ4n) is 8.18. The highest BCUT2D eigenvalue weighted by Crippen LogP contribution is 2.48. The first kappa shape index (κ1) is 30.0.